The standard InChI is InChI=1S/C14H24N4S/c1-10(2)17(9-11-7-8-11)13-15-16-14(19)18(13)12-5-3-4-6-12/h10-12H,3-9H2,1-2H3,(H,16,19). The highest BCUT2D eigenvalue weighted by molar-refractivity contribution is 7.71. The molecule has 1 aromatic heterocycles. The van der Waals surface area contributed by atoms with Gasteiger partial charge in [0.15, 0.2) is 4.77 Å². The third kappa shape index (κ3) is 2.71. The molecule has 0 aromatic carbocycles. The molecule has 0 saturated heterocycles. The molecule has 2 saturated carbocycles. The molecule has 5 heteroatoms. The van der Waals surface area contributed by atoms with E-state index in [1.165, 1.54) is 38.5 Å². The molecule has 2 aliphatic carbocycles. The van der Waals surface area contributed by atoms with Crippen molar-refractivity contribution in [3.05, 3.63) is 4.77 Å². The van der Waals surface area contributed by atoms with Gasteiger partial charge in [-0.3, -0.25) is 4.57 Å². The molecular formula is C14H24N4S. The number of hydrogen-bond donors (Lipinski definition) is 1. The van der Waals surface area contributed by atoms with Crippen LogP contribution in [-0.4, -0.2) is 27.4 Å². The highest BCUT2D eigenvalue weighted by Crippen LogP contribution is 2.35. The summed E-state index contributed by atoms with van der Waals surface area (Å²) in [5.41, 5.74) is 0. The van der Waals surface area contributed by atoms with Gasteiger partial charge in [-0.05, 0) is 57.7 Å². The average Bonchev–Trinajstić information content (AvgIpc) is 2.87. The summed E-state index contributed by atoms with van der Waals surface area (Å²) < 4.78 is 3.08. The minimum Gasteiger partial charge on any atom is -0.338 e. The Morgan fingerprint density at radius 2 is 2.00 bits per heavy atom. The van der Waals surface area contributed by atoms with Gasteiger partial charge >= 0.3 is 0 Å². The van der Waals surface area contributed by atoms with Gasteiger partial charge in [-0.1, -0.05) is 12.8 Å². The van der Waals surface area contributed by atoms with Crippen molar-refractivity contribution in [2.24, 2.45) is 5.92 Å². The maximum absolute atomic E-state index is 5.46. The van der Waals surface area contributed by atoms with Crippen molar-refractivity contribution in [3.8, 4) is 0 Å². The molecule has 1 aromatic rings. The monoisotopic (exact) mass is 280 g/mol. The van der Waals surface area contributed by atoms with Gasteiger partial charge in [-0.15, -0.1) is 5.10 Å². The second-order valence-electron chi connectivity index (χ2n) is 6.33. The van der Waals surface area contributed by atoms with Crippen molar-refractivity contribution in [2.75, 3.05) is 11.4 Å². The summed E-state index contributed by atoms with van der Waals surface area (Å²) in [5, 5.41) is 7.55. The lowest BCUT2D eigenvalue weighted by molar-refractivity contribution is 0.495. The van der Waals surface area contributed by atoms with Gasteiger partial charge in [0, 0.05) is 18.6 Å². The summed E-state index contributed by atoms with van der Waals surface area (Å²) in [6, 6.07) is 1.03. The lowest BCUT2D eigenvalue weighted by Crippen LogP contribution is -2.35. The topological polar surface area (TPSA) is 36.9 Å². The van der Waals surface area contributed by atoms with Crippen LogP contribution in [0.1, 0.15) is 58.4 Å². The molecule has 0 radical (unpaired) electrons. The Morgan fingerprint density at radius 1 is 1.32 bits per heavy atom. The maximum atomic E-state index is 5.46. The number of H-pyrrole nitrogens is 1. The van der Waals surface area contributed by atoms with Crippen molar-refractivity contribution >= 4 is 18.2 Å². The van der Waals surface area contributed by atoms with Crippen LogP contribution in [-0.2, 0) is 0 Å². The third-order valence-corrected chi connectivity index (χ3v) is 4.70. The molecule has 1 heterocycles. The Kier molecular flexibility index (Phi) is 3.65. The third-order valence-electron chi connectivity index (χ3n) is 4.41. The van der Waals surface area contributed by atoms with Crippen LogP contribution in [0.15, 0.2) is 0 Å². The first-order valence-electron chi connectivity index (χ1n) is 7.60. The minimum atomic E-state index is 0.478. The van der Waals surface area contributed by atoms with E-state index in [2.05, 4.69) is 33.5 Å². The average molecular weight is 280 g/mol. The van der Waals surface area contributed by atoms with Crippen molar-refractivity contribution in [1.29, 1.82) is 0 Å². The summed E-state index contributed by atoms with van der Waals surface area (Å²) in [6.45, 7) is 5.63. The lowest BCUT2D eigenvalue weighted by atomic mass is 10.2. The molecule has 0 aliphatic heterocycles. The second kappa shape index (κ2) is 5.27. The van der Waals surface area contributed by atoms with Crippen LogP contribution in [0.4, 0.5) is 5.95 Å². The van der Waals surface area contributed by atoms with E-state index in [-0.39, 0.29) is 0 Å². The normalized spacial score (nSPS) is 20.4. The van der Waals surface area contributed by atoms with E-state index in [1.807, 2.05) is 0 Å². The molecule has 0 atom stereocenters. The first kappa shape index (κ1) is 13.2. The van der Waals surface area contributed by atoms with Crippen molar-refractivity contribution in [3.63, 3.8) is 0 Å². The molecule has 0 amide bonds. The molecule has 2 fully saturated rings. The molecule has 0 spiro atoms. The fraction of sp³-hybridized carbons (Fsp3) is 0.857. The summed E-state index contributed by atoms with van der Waals surface area (Å²) >= 11 is 5.46. The van der Waals surface area contributed by atoms with Crippen molar-refractivity contribution in [2.45, 2.75) is 64.5 Å². The first-order chi connectivity index (χ1) is 9.16. The minimum absolute atomic E-state index is 0.478. The van der Waals surface area contributed by atoms with Crippen molar-refractivity contribution < 1.29 is 0 Å². The molecule has 0 bridgehead atoms. The van der Waals surface area contributed by atoms with Crippen LogP contribution in [0.25, 0.3) is 0 Å². The molecule has 1 N–H and O–H groups in total. The molecule has 3 rings (SSSR count). The van der Waals surface area contributed by atoms with Gasteiger partial charge in [-0.2, -0.15) is 0 Å². The summed E-state index contributed by atoms with van der Waals surface area (Å²) in [5.74, 6) is 1.93. The van der Waals surface area contributed by atoms with E-state index in [4.69, 9.17) is 12.2 Å². The Bertz CT molecular complexity index is 480. The molecule has 4 nitrogen and oxygen atoms in total. The van der Waals surface area contributed by atoms with Crippen LogP contribution in [0, 0.1) is 10.7 Å². The molecule has 19 heavy (non-hydrogen) atoms. The molecular weight excluding hydrogens is 256 g/mol. The Morgan fingerprint density at radius 3 is 2.58 bits per heavy atom. The molecule has 0 unspecified atom stereocenters. The van der Waals surface area contributed by atoms with Crippen LogP contribution in [0.3, 0.4) is 0 Å². The number of anilines is 1. The fourth-order valence-corrected chi connectivity index (χ4v) is 3.37. The Hall–Kier alpha value is -0.840. The van der Waals surface area contributed by atoms with Gasteiger partial charge < -0.3 is 4.90 Å². The van der Waals surface area contributed by atoms with Crippen LogP contribution in [0.2, 0.25) is 0 Å². The van der Waals surface area contributed by atoms with Gasteiger partial charge in [-0.25, -0.2) is 5.10 Å². The zero-order chi connectivity index (χ0) is 13.4. The lowest BCUT2D eigenvalue weighted by Gasteiger charge is -2.29. The number of hydrogen-bond acceptors (Lipinski definition) is 3. The SMILES string of the molecule is CC(C)N(CC1CC1)c1n[nH]c(=S)n1C1CCCC1. The smallest absolute Gasteiger partial charge is 0.226 e. The van der Waals surface area contributed by atoms with Gasteiger partial charge in [0.2, 0.25) is 5.95 Å². The number of aromatic nitrogens is 3. The van der Waals surface area contributed by atoms with Crippen LogP contribution >= 0.6 is 12.2 Å². The largest absolute Gasteiger partial charge is 0.338 e. The first-order valence-corrected chi connectivity index (χ1v) is 8.01. The second-order valence-corrected chi connectivity index (χ2v) is 6.71. The number of aromatic amines is 1. The maximum Gasteiger partial charge on any atom is 0.226 e. The van der Waals surface area contributed by atoms with E-state index in [1.54, 1.807) is 0 Å². The Labute approximate surface area is 120 Å². The number of rotatable bonds is 5. The van der Waals surface area contributed by atoms with Crippen LogP contribution < -0.4 is 4.90 Å². The predicted molar refractivity (Wildman–Crippen MR) is 80.1 cm³/mol. The number of nitrogens with one attached hydrogen (secondary N) is 1. The zero-order valence-corrected chi connectivity index (χ0v) is 12.7. The van der Waals surface area contributed by atoms with E-state index in [9.17, 15) is 0 Å². The predicted octanol–water partition coefficient (Wildman–Crippen LogP) is 3.68. The summed E-state index contributed by atoms with van der Waals surface area (Å²) in [6.07, 6.45) is 7.88. The highest BCUT2D eigenvalue weighted by Gasteiger charge is 2.30. The summed E-state index contributed by atoms with van der Waals surface area (Å²) in [7, 11) is 0. The van der Waals surface area contributed by atoms with Crippen molar-refractivity contribution in [1.82, 2.24) is 14.8 Å². The quantitative estimate of drug-likeness (QED) is 0.836. The van der Waals surface area contributed by atoms with E-state index < -0.39 is 0 Å². The fourth-order valence-electron chi connectivity index (χ4n) is 3.09. The zero-order valence-electron chi connectivity index (χ0n) is 11.9. The van der Waals surface area contributed by atoms with Gasteiger partial charge in [0.05, 0.1) is 0 Å². The summed E-state index contributed by atoms with van der Waals surface area (Å²) in [4.78, 5) is 2.43. The number of nitrogens with zero attached hydrogens (tertiary/aromatic N) is 3. The van der Waals surface area contributed by atoms with Crippen LogP contribution in [0.5, 0.6) is 0 Å². The van der Waals surface area contributed by atoms with Gasteiger partial charge in [0.1, 0.15) is 0 Å². The highest BCUT2D eigenvalue weighted by atomic mass is 32.1. The van der Waals surface area contributed by atoms with E-state index >= 15 is 0 Å². The van der Waals surface area contributed by atoms with Gasteiger partial charge in [0.25, 0.3) is 0 Å². The van der Waals surface area contributed by atoms with E-state index in [0.717, 1.165) is 23.2 Å². The molecule has 2 aliphatic rings. The molecule has 106 valence electrons. The van der Waals surface area contributed by atoms with E-state index in [0.29, 0.717) is 12.1 Å². The Balaban J connectivity index is 1.90.